The Bertz CT molecular complexity index is 1110. The fourth-order valence-corrected chi connectivity index (χ4v) is 7.13. The van der Waals surface area contributed by atoms with Crippen molar-refractivity contribution in [2.75, 3.05) is 13.2 Å². The van der Waals surface area contributed by atoms with E-state index in [2.05, 4.69) is 11.7 Å². The van der Waals surface area contributed by atoms with Gasteiger partial charge in [-0.2, -0.15) is 8.78 Å². The predicted octanol–water partition coefficient (Wildman–Crippen LogP) is 10.1. The molecule has 2 saturated carbocycles. The van der Waals surface area contributed by atoms with Gasteiger partial charge in [0.2, 0.25) is 0 Å². The lowest BCUT2D eigenvalue weighted by atomic mass is 9.74. The van der Waals surface area contributed by atoms with Crippen LogP contribution in [0.3, 0.4) is 0 Å². The van der Waals surface area contributed by atoms with E-state index in [-0.39, 0.29) is 25.0 Å². The van der Waals surface area contributed by atoms with E-state index in [0.717, 1.165) is 30.3 Å². The zero-order valence-electron chi connectivity index (χ0n) is 24.4. The molecule has 42 heavy (non-hydrogen) atoms. The van der Waals surface area contributed by atoms with E-state index in [9.17, 15) is 22.0 Å². The molecule has 0 bridgehead atoms. The van der Waals surface area contributed by atoms with Crippen molar-refractivity contribution in [3.8, 4) is 5.75 Å². The minimum Gasteiger partial charge on any atom is -0.432 e. The maximum atomic E-state index is 14.8. The first kappa shape index (κ1) is 31.2. The summed E-state index contributed by atoms with van der Waals surface area (Å²) in [4.78, 5) is 0. The highest BCUT2D eigenvalue weighted by atomic mass is 19.3. The third kappa shape index (κ3) is 7.65. The first-order valence-electron chi connectivity index (χ1n) is 15.8. The van der Waals surface area contributed by atoms with Gasteiger partial charge in [0.05, 0.1) is 19.1 Å². The van der Waals surface area contributed by atoms with Gasteiger partial charge in [-0.05, 0) is 61.8 Å². The highest BCUT2D eigenvalue weighted by Gasteiger charge is 2.44. The van der Waals surface area contributed by atoms with Crippen LogP contribution in [0.15, 0.2) is 36.4 Å². The predicted molar refractivity (Wildman–Crippen MR) is 151 cm³/mol. The van der Waals surface area contributed by atoms with E-state index >= 15 is 0 Å². The van der Waals surface area contributed by atoms with Gasteiger partial charge in [-0.25, -0.2) is 13.2 Å². The number of unbranched alkanes of at least 4 members (excludes halogenated alkanes) is 2. The van der Waals surface area contributed by atoms with Crippen molar-refractivity contribution < 1.29 is 36.2 Å². The Morgan fingerprint density at radius 3 is 1.95 bits per heavy atom. The molecular weight excluding hydrogens is 551 g/mol. The number of hydrogen-bond acceptors (Lipinski definition) is 3. The molecule has 2 aliphatic carbocycles. The Morgan fingerprint density at radius 1 is 0.762 bits per heavy atom. The van der Waals surface area contributed by atoms with Gasteiger partial charge in [0.25, 0.3) is 0 Å². The third-order valence-corrected chi connectivity index (χ3v) is 9.79. The molecule has 0 unspecified atom stereocenters. The van der Waals surface area contributed by atoms with Crippen molar-refractivity contribution in [1.82, 2.24) is 0 Å². The average molecular weight is 595 g/mol. The van der Waals surface area contributed by atoms with E-state index in [1.165, 1.54) is 51.4 Å². The summed E-state index contributed by atoms with van der Waals surface area (Å²) in [5, 5.41) is 0. The standard InChI is InChI=1S/C34H43F5O3/c1-2-3-4-5-22-6-8-25(9-7-22)27-20-40-33(41-21-27)26-12-10-23(11-13-26)24-14-16-28(17-15-24)34(38,39)42-29-18-30(35)32(37)31(36)19-29/h10-13,18-19,22,24-25,27-28,33H,2-9,14-17,20-21H2,1H3. The van der Waals surface area contributed by atoms with Crippen molar-refractivity contribution in [1.29, 1.82) is 0 Å². The number of halogens is 5. The van der Waals surface area contributed by atoms with Crippen LogP contribution in [0.4, 0.5) is 22.0 Å². The summed E-state index contributed by atoms with van der Waals surface area (Å²) >= 11 is 0. The molecule has 0 N–H and O–H groups in total. The molecule has 0 radical (unpaired) electrons. The molecule has 0 aromatic heterocycles. The molecule has 1 heterocycles. The van der Waals surface area contributed by atoms with Gasteiger partial charge in [0.15, 0.2) is 23.7 Å². The van der Waals surface area contributed by atoms with Crippen molar-refractivity contribution in [3.05, 3.63) is 65.0 Å². The lowest BCUT2D eigenvalue weighted by Gasteiger charge is -2.38. The third-order valence-electron chi connectivity index (χ3n) is 9.79. The van der Waals surface area contributed by atoms with Crippen LogP contribution in [0, 0.1) is 41.1 Å². The smallest absolute Gasteiger partial charge is 0.400 e. The molecule has 232 valence electrons. The lowest BCUT2D eigenvalue weighted by molar-refractivity contribution is -0.222. The van der Waals surface area contributed by atoms with Crippen LogP contribution in [-0.2, 0) is 9.47 Å². The van der Waals surface area contributed by atoms with E-state index in [0.29, 0.717) is 36.8 Å². The van der Waals surface area contributed by atoms with E-state index in [1.54, 1.807) is 0 Å². The van der Waals surface area contributed by atoms with E-state index < -0.39 is 35.2 Å². The molecule has 2 aromatic carbocycles. The fourth-order valence-electron chi connectivity index (χ4n) is 7.13. The summed E-state index contributed by atoms with van der Waals surface area (Å²) < 4.78 is 86.5. The summed E-state index contributed by atoms with van der Waals surface area (Å²) in [6, 6.07) is 8.95. The van der Waals surface area contributed by atoms with Gasteiger partial charge in [0.1, 0.15) is 5.75 Å². The van der Waals surface area contributed by atoms with Crippen molar-refractivity contribution in [2.24, 2.45) is 23.7 Å². The molecule has 1 saturated heterocycles. The van der Waals surface area contributed by atoms with E-state index in [4.69, 9.17) is 9.47 Å². The summed E-state index contributed by atoms with van der Waals surface area (Å²) in [6.07, 6.45) is 8.04. The monoisotopic (exact) mass is 594 g/mol. The summed E-state index contributed by atoms with van der Waals surface area (Å²) in [5.41, 5.74) is 2.04. The van der Waals surface area contributed by atoms with Gasteiger partial charge < -0.3 is 14.2 Å². The molecule has 0 atom stereocenters. The minimum absolute atomic E-state index is 0.126. The second kappa shape index (κ2) is 14.1. The summed E-state index contributed by atoms with van der Waals surface area (Å²) in [6.45, 7) is 3.69. The Balaban J connectivity index is 1.06. The Morgan fingerprint density at radius 2 is 1.36 bits per heavy atom. The van der Waals surface area contributed by atoms with Gasteiger partial charge in [-0.15, -0.1) is 0 Å². The Hall–Kier alpha value is -2.19. The van der Waals surface area contributed by atoms with E-state index in [1.807, 2.05) is 24.3 Å². The zero-order chi connectivity index (χ0) is 29.7. The first-order valence-corrected chi connectivity index (χ1v) is 15.8. The normalized spacial score (nSPS) is 28.9. The number of ether oxygens (including phenoxy) is 3. The minimum atomic E-state index is -3.62. The molecule has 5 rings (SSSR count). The van der Waals surface area contributed by atoms with Gasteiger partial charge in [0, 0.05) is 23.6 Å². The number of rotatable bonds is 10. The molecule has 1 aliphatic heterocycles. The second-order valence-electron chi connectivity index (χ2n) is 12.6. The van der Waals surface area contributed by atoms with Crippen LogP contribution in [0.1, 0.15) is 107 Å². The van der Waals surface area contributed by atoms with Crippen molar-refractivity contribution in [2.45, 2.75) is 102 Å². The molecule has 2 aromatic rings. The quantitative estimate of drug-likeness (QED) is 0.156. The Kier molecular flexibility index (Phi) is 10.5. The number of alkyl halides is 2. The van der Waals surface area contributed by atoms with Gasteiger partial charge in [-0.3, -0.25) is 0 Å². The SMILES string of the molecule is CCCCCC1CCC(C2COC(c3ccc(C4CCC(C(F)(F)Oc5cc(F)c(F)c(F)c5)CC4)cc3)OC2)CC1. The maximum Gasteiger partial charge on any atom is 0.400 e. The van der Waals surface area contributed by atoms with Crippen LogP contribution >= 0.6 is 0 Å². The topological polar surface area (TPSA) is 27.7 Å². The largest absolute Gasteiger partial charge is 0.432 e. The van der Waals surface area contributed by atoms with Crippen LogP contribution in [0.5, 0.6) is 5.75 Å². The highest BCUT2D eigenvalue weighted by Crippen LogP contribution is 2.44. The summed E-state index contributed by atoms with van der Waals surface area (Å²) in [5.74, 6) is -4.51. The summed E-state index contributed by atoms with van der Waals surface area (Å²) in [7, 11) is 0. The average Bonchev–Trinajstić information content (AvgIpc) is 3.00. The van der Waals surface area contributed by atoms with Crippen LogP contribution in [-0.4, -0.2) is 19.3 Å². The van der Waals surface area contributed by atoms with Gasteiger partial charge >= 0.3 is 6.11 Å². The van der Waals surface area contributed by atoms with Crippen LogP contribution < -0.4 is 4.74 Å². The highest BCUT2D eigenvalue weighted by molar-refractivity contribution is 5.27. The molecule has 3 nitrogen and oxygen atoms in total. The van der Waals surface area contributed by atoms with Crippen LogP contribution in [0.2, 0.25) is 0 Å². The van der Waals surface area contributed by atoms with Gasteiger partial charge in [-0.1, -0.05) is 69.7 Å². The molecular formula is C34H43F5O3. The zero-order valence-corrected chi connectivity index (χ0v) is 24.4. The molecule has 0 amide bonds. The number of hydrogen-bond donors (Lipinski definition) is 0. The Labute approximate surface area is 246 Å². The first-order chi connectivity index (χ1) is 20.2. The number of benzene rings is 2. The molecule has 3 fully saturated rings. The maximum absolute atomic E-state index is 14.8. The fraction of sp³-hybridized carbons (Fsp3) is 0.647. The van der Waals surface area contributed by atoms with Crippen LogP contribution in [0.25, 0.3) is 0 Å². The lowest BCUT2D eigenvalue weighted by Crippen LogP contribution is -2.37. The molecule has 3 aliphatic rings. The molecule has 8 heteroatoms. The van der Waals surface area contributed by atoms with Crippen molar-refractivity contribution >= 4 is 0 Å². The molecule has 0 spiro atoms. The van der Waals surface area contributed by atoms with Crippen molar-refractivity contribution in [3.63, 3.8) is 0 Å². The second-order valence-corrected chi connectivity index (χ2v) is 12.6.